The molecule has 2 aliphatic rings. The summed E-state index contributed by atoms with van der Waals surface area (Å²) in [6.45, 7) is 7.99. The Morgan fingerprint density at radius 2 is 2.15 bits per heavy atom. The van der Waals surface area contributed by atoms with Crippen molar-refractivity contribution < 1.29 is 19.0 Å². The van der Waals surface area contributed by atoms with Crippen LogP contribution in [0.5, 0.6) is 0 Å². The Hall–Kier alpha value is -0.610. The summed E-state index contributed by atoms with van der Waals surface area (Å²) < 4.78 is 16.9. The maximum absolute atomic E-state index is 11.9. The first-order valence-corrected chi connectivity index (χ1v) is 7.96. The van der Waals surface area contributed by atoms with Gasteiger partial charge in [-0.15, -0.1) is 0 Å². The minimum absolute atomic E-state index is 0.0111. The third kappa shape index (κ3) is 3.73. The van der Waals surface area contributed by atoms with Gasteiger partial charge in [-0.25, -0.2) is 0 Å². The van der Waals surface area contributed by atoms with E-state index in [1.165, 1.54) is 0 Å². The number of carbonyl (C=O) groups excluding carboxylic acids is 1. The number of hydrogen-bond acceptors (Lipinski definition) is 4. The average molecular weight is 284 g/mol. The predicted octanol–water partition coefficient (Wildman–Crippen LogP) is 3.08. The van der Waals surface area contributed by atoms with E-state index in [0.29, 0.717) is 6.42 Å². The molecule has 3 atom stereocenters. The summed E-state index contributed by atoms with van der Waals surface area (Å²) in [5.74, 6) is -0.123. The van der Waals surface area contributed by atoms with Crippen molar-refractivity contribution in [2.45, 2.75) is 77.6 Å². The van der Waals surface area contributed by atoms with Gasteiger partial charge in [0, 0.05) is 25.0 Å². The molecule has 0 spiro atoms. The van der Waals surface area contributed by atoms with E-state index >= 15 is 0 Å². The zero-order valence-electron chi connectivity index (χ0n) is 13.0. The summed E-state index contributed by atoms with van der Waals surface area (Å²) in [5.41, 5.74) is -0.0695. The first-order chi connectivity index (χ1) is 9.54. The Morgan fingerprint density at radius 3 is 2.75 bits per heavy atom. The van der Waals surface area contributed by atoms with Crippen molar-refractivity contribution in [2.24, 2.45) is 5.41 Å². The molecule has 116 valence electrons. The van der Waals surface area contributed by atoms with Gasteiger partial charge in [0.15, 0.2) is 0 Å². The van der Waals surface area contributed by atoms with Crippen LogP contribution in [0.15, 0.2) is 0 Å². The van der Waals surface area contributed by atoms with Crippen molar-refractivity contribution in [3.05, 3.63) is 0 Å². The predicted molar refractivity (Wildman–Crippen MR) is 76.5 cm³/mol. The van der Waals surface area contributed by atoms with E-state index in [0.717, 1.165) is 45.3 Å². The SMILES string of the molecule is CCCCO[C@@H]1C[C@@H](OC(=O)C[C@H]2CCCO2)C1(C)C. The van der Waals surface area contributed by atoms with Crippen LogP contribution in [0.4, 0.5) is 0 Å². The molecular formula is C16H28O4. The molecule has 1 aliphatic carbocycles. The van der Waals surface area contributed by atoms with Crippen LogP contribution in [0.25, 0.3) is 0 Å². The summed E-state index contributed by atoms with van der Waals surface area (Å²) in [6.07, 6.45) is 5.77. The van der Waals surface area contributed by atoms with Gasteiger partial charge in [-0.1, -0.05) is 27.2 Å². The number of esters is 1. The van der Waals surface area contributed by atoms with E-state index < -0.39 is 0 Å². The van der Waals surface area contributed by atoms with Crippen LogP contribution in [0.1, 0.15) is 59.3 Å². The number of rotatable bonds is 7. The second-order valence-corrected chi connectivity index (χ2v) is 6.59. The largest absolute Gasteiger partial charge is 0.462 e. The highest BCUT2D eigenvalue weighted by atomic mass is 16.6. The molecule has 4 heteroatoms. The fraction of sp³-hybridized carbons (Fsp3) is 0.938. The zero-order valence-corrected chi connectivity index (χ0v) is 13.0. The molecule has 0 radical (unpaired) electrons. The lowest BCUT2D eigenvalue weighted by molar-refractivity contribution is -0.204. The molecule has 20 heavy (non-hydrogen) atoms. The molecule has 2 fully saturated rings. The van der Waals surface area contributed by atoms with Gasteiger partial charge >= 0.3 is 5.97 Å². The van der Waals surface area contributed by atoms with E-state index in [9.17, 15) is 4.79 Å². The maximum atomic E-state index is 11.9. The molecule has 0 amide bonds. The molecule has 4 nitrogen and oxygen atoms in total. The Balaban J connectivity index is 1.70. The van der Waals surface area contributed by atoms with Gasteiger partial charge in [-0.2, -0.15) is 0 Å². The minimum Gasteiger partial charge on any atom is -0.462 e. The summed E-state index contributed by atoms with van der Waals surface area (Å²) in [6, 6.07) is 0. The molecule has 0 bridgehead atoms. The van der Waals surface area contributed by atoms with Crippen molar-refractivity contribution in [3.63, 3.8) is 0 Å². The summed E-state index contributed by atoms with van der Waals surface area (Å²) >= 11 is 0. The van der Waals surface area contributed by atoms with Crippen molar-refractivity contribution >= 4 is 5.97 Å². The van der Waals surface area contributed by atoms with Crippen molar-refractivity contribution in [1.29, 1.82) is 0 Å². The van der Waals surface area contributed by atoms with E-state index in [1.54, 1.807) is 0 Å². The van der Waals surface area contributed by atoms with Crippen molar-refractivity contribution in [2.75, 3.05) is 13.2 Å². The van der Waals surface area contributed by atoms with Gasteiger partial charge in [-0.3, -0.25) is 4.79 Å². The van der Waals surface area contributed by atoms with Crippen LogP contribution in [-0.4, -0.2) is 37.5 Å². The van der Waals surface area contributed by atoms with Gasteiger partial charge in [0.25, 0.3) is 0 Å². The fourth-order valence-corrected chi connectivity index (χ4v) is 2.90. The Morgan fingerprint density at radius 1 is 1.35 bits per heavy atom. The first-order valence-electron chi connectivity index (χ1n) is 7.96. The highest BCUT2D eigenvalue weighted by molar-refractivity contribution is 5.70. The number of carbonyl (C=O) groups is 1. The normalized spacial score (nSPS) is 31.9. The van der Waals surface area contributed by atoms with E-state index in [4.69, 9.17) is 14.2 Å². The number of unbranched alkanes of at least 4 members (excludes halogenated alkanes) is 1. The van der Waals surface area contributed by atoms with Crippen molar-refractivity contribution in [1.82, 2.24) is 0 Å². The molecule has 1 heterocycles. The molecule has 2 rings (SSSR count). The van der Waals surface area contributed by atoms with Crippen LogP contribution in [0, 0.1) is 5.41 Å². The fourth-order valence-electron chi connectivity index (χ4n) is 2.90. The molecule has 0 unspecified atom stereocenters. The molecule has 0 N–H and O–H groups in total. The highest BCUT2D eigenvalue weighted by Crippen LogP contribution is 2.45. The molecule has 1 saturated carbocycles. The van der Waals surface area contributed by atoms with Gasteiger partial charge in [-0.05, 0) is 19.3 Å². The van der Waals surface area contributed by atoms with Gasteiger partial charge in [0.1, 0.15) is 6.10 Å². The second kappa shape index (κ2) is 6.90. The average Bonchev–Trinajstić information content (AvgIpc) is 2.89. The molecular weight excluding hydrogens is 256 g/mol. The minimum atomic E-state index is -0.123. The van der Waals surface area contributed by atoms with E-state index in [-0.39, 0.29) is 29.7 Å². The lowest BCUT2D eigenvalue weighted by atomic mass is 9.66. The summed E-state index contributed by atoms with van der Waals surface area (Å²) in [5, 5.41) is 0. The first kappa shape index (κ1) is 15.8. The molecule has 0 aromatic rings. The van der Waals surface area contributed by atoms with Crippen LogP contribution < -0.4 is 0 Å². The topological polar surface area (TPSA) is 44.8 Å². The van der Waals surface area contributed by atoms with Crippen LogP contribution in [-0.2, 0) is 19.0 Å². The second-order valence-electron chi connectivity index (χ2n) is 6.59. The Bertz CT molecular complexity index is 320. The third-order valence-corrected chi connectivity index (χ3v) is 4.60. The molecule has 1 aliphatic heterocycles. The number of hydrogen-bond donors (Lipinski definition) is 0. The highest BCUT2D eigenvalue weighted by Gasteiger charge is 2.51. The van der Waals surface area contributed by atoms with Gasteiger partial charge in [0.2, 0.25) is 0 Å². The summed E-state index contributed by atoms with van der Waals surface area (Å²) in [7, 11) is 0. The maximum Gasteiger partial charge on any atom is 0.308 e. The van der Waals surface area contributed by atoms with Crippen LogP contribution in [0.3, 0.4) is 0 Å². The van der Waals surface area contributed by atoms with Crippen molar-refractivity contribution in [3.8, 4) is 0 Å². The standard InChI is InChI=1S/C16H28O4/c1-4-5-8-19-13-11-14(16(13,2)3)20-15(17)10-12-7-6-9-18-12/h12-14H,4-11H2,1-3H3/t12-,13-,14-/m1/s1. The van der Waals surface area contributed by atoms with Crippen LogP contribution >= 0.6 is 0 Å². The lowest BCUT2D eigenvalue weighted by Crippen LogP contribution is -2.56. The lowest BCUT2D eigenvalue weighted by Gasteiger charge is -2.50. The summed E-state index contributed by atoms with van der Waals surface area (Å²) in [4.78, 5) is 11.9. The van der Waals surface area contributed by atoms with E-state index in [2.05, 4.69) is 20.8 Å². The smallest absolute Gasteiger partial charge is 0.308 e. The molecule has 0 aromatic carbocycles. The molecule has 1 saturated heterocycles. The van der Waals surface area contributed by atoms with Gasteiger partial charge < -0.3 is 14.2 Å². The Labute approximate surface area is 122 Å². The third-order valence-electron chi connectivity index (χ3n) is 4.60. The molecule has 0 aromatic heterocycles. The van der Waals surface area contributed by atoms with Crippen LogP contribution in [0.2, 0.25) is 0 Å². The van der Waals surface area contributed by atoms with Gasteiger partial charge in [0.05, 0.1) is 18.6 Å². The van der Waals surface area contributed by atoms with E-state index in [1.807, 2.05) is 0 Å². The number of ether oxygens (including phenoxy) is 3. The monoisotopic (exact) mass is 284 g/mol. The zero-order chi connectivity index (χ0) is 14.6. The quantitative estimate of drug-likeness (QED) is 0.532. The Kier molecular flexibility index (Phi) is 5.44.